The molecule has 0 radical (unpaired) electrons. The third kappa shape index (κ3) is 13.4. The number of aliphatic hydroxyl groups is 1. The molecular weight excluding hydrogens is 478 g/mol. The number of carbonyl (C=O) groups excluding carboxylic acids is 3. The van der Waals surface area contributed by atoms with Crippen LogP contribution in [0, 0.1) is 5.92 Å². The van der Waals surface area contributed by atoms with Gasteiger partial charge in [-0.1, -0.05) is 13.8 Å². The SMILES string of the molecule is CC(C)CC(NC(=O)C(NC(=O)C(CCCN=C(N)N)NC(=O)C(N)CCC(=O)O)C(C)O)C(=O)O. The molecule has 15 heteroatoms. The lowest BCUT2D eigenvalue weighted by molar-refractivity contribution is -0.143. The number of carboxylic acids is 2. The van der Waals surface area contributed by atoms with E-state index in [0.717, 1.165) is 0 Å². The number of carboxylic acid groups (broad SMARTS) is 2. The molecule has 5 atom stereocenters. The fourth-order valence-electron chi connectivity index (χ4n) is 3.07. The monoisotopic (exact) mass is 517 g/mol. The second-order valence-electron chi connectivity index (χ2n) is 8.80. The molecular formula is C21H39N7O8. The lowest BCUT2D eigenvalue weighted by atomic mass is 10.0. The van der Waals surface area contributed by atoms with Crippen molar-refractivity contribution in [2.24, 2.45) is 28.1 Å². The van der Waals surface area contributed by atoms with E-state index in [-0.39, 0.29) is 50.5 Å². The zero-order valence-electron chi connectivity index (χ0n) is 20.8. The van der Waals surface area contributed by atoms with Crippen LogP contribution in [0.3, 0.4) is 0 Å². The molecule has 0 aliphatic rings. The lowest BCUT2D eigenvalue weighted by Gasteiger charge is -2.27. The van der Waals surface area contributed by atoms with Gasteiger partial charge in [0.2, 0.25) is 17.7 Å². The molecule has 0 spiro atoms. The zero-order chi connectivity index (χ0) is 28.0. The molecule has 3 amide bonds. The Kier molecular flexibility index (Phi) is 14.7. The van der Waals surface area contributed by atoms with E-state index < -0.39 is 59.9 Å². The Balaban J connectivity index is 5.53. The molecule has 206 valence electrons. The number of nitrogens with zero attached hydrogens (tertiary/aromatic N) is 1. The predicted molar refractivity (Wildman–Crippen MR) is 129 cm³/mol. The van der Waals surface area contributed by atoms with Crippen LogP contribution in [0.5, 0.6) is 0 Å². The van der Waals surface area contributed by atoms with E-state index in [1.165, 1.54) is 6.92 Å². The van der Waals surface area contributed by atoms with Crippen molar-refractivity contribution in [1.82, 2.24) is 16.0 Å². The van der Waals surface area contributed by atoms with Crippen LogP contribution < -0.4 is 33.2 Å². The number of guanidine groups is 1. The molecule has 0 bridgehead atoms. The number of aliphatic carboxylic acids is 2. The molecule has 0 fully saturated rings. The first-order valence-electron chi connectivity index (χ1n) is 11.5. The number of amides is 3. The molecule has 0 aromatic rings. The summed E-state index contributed by atoms with van der Waals surface area (Å²) in [5.41, 5.74) is 16.2. The van der Waals surface area contributed by atoms with Crippen LogP contribution in [0.25, 0.3) is 0 Å². The van der Waals surface area contributed by atoms with Gasteiger partial charge in [-0.2, -0.15) is 0 Å². The highest BCUT2D eigenvalue weighted by molar-refractivity contribution is 5.94. The van der Waals surface area contributed by atoms with Crippen molar-refractivity contribution in [2.75, 3.05) is 6.54 Å². The van der Waals surface area contributed by atoms with Crippen LogP contribution in [0.4, 0.5) is 0 Å². The van der Waals surface area contributed by atoms with Gasteiger partial charge >= 0.3 is 11.9 Å². The predicted octanol–water partition coefficient (Wildman–Crippen LogP) is -2.80. The van der Waals surface area contributed by atoms with Gasteiger partial charge in [-0.15, -0.1) is 0 Å². The number of hydrogen-bond donors (Lipinski definition) is 9. The Morgan fingerprint density at radius 1 is 0.861 bits per heavy atom. The van der Waals surface area contributed by atoms with Crippen LogP contribution in [0.15, 0.2) is 4.99 Å². The second-order valence-corrected chi connectivity index (χ2v) is 8.80. The fraction of sp³-hybridized carbons (Fsp3) is 0.714. The van der Waals surface area contributed by atoms with Gasteiger partial charge in [-0.3, -0.25) is 24.2 Å². The first-order chi connectivity index (χ1) is 16.6. The molecule has 0 aromatic heterocycles. The Bertz CT molecular complexity index is 799. The Hall–Kier alpha value is -3.46. The maximum Gasteiger partial charge on any atom is 0.326 e. The van der Waals surface area contributed by atoms with E-state index in [1.54, 1.807) is 13.8 Å². The molecule has 36 heavy (non-hydrogen) atoms. The molecule has 0 heterocycles. The number of aliphatic imine (C=N–C) groups is 1. The molecule has 0 rings (SSSR count). The topological polar surface area (TPSA) is 273 Å². The first kappa shape index (κ1) is 32.5. The zero-order valence-corrected chi connectivity index (χ0v) is 20.8. The Labute approximate surface area is 209 Å². The summed E-state index contributed by atoms with van der Waals surface area (Å²) in [7, 11) is 0. The van der Waals surface area contributed by atoms with E-state index in [1.807, 2.05) is 0 Å². The highest BCUT2D eigenvalue weighted by Gasteiger charge is 2.32. The summed E-state index contributed by atoms with van der Waals surface area (Å²) < 4.78 is 0. The smallest absolute Gasteiger partial charge is 0.326 e. The summed E-state index contributed by atoms with van der Waals surface area (Å²) in [5, 5.41) is 35.3. The molecule has 0 saturated carbocycles. The number of rotatable bonds is 17. The van der Waals surface area contributed by atoms with Crippen LogP contribution in [-0.2, 0) is 24.0 Å². The fourth-order valence-corrected chi connectivity index (χ4v) is 3.07. The van der Waals surface area contributed by atoms with Crippen LogP contribution in [0.1, 0.15) is 52.9 Å². The highest BCUT2D eigenvalue weighted by Crippen LogP contribution is 2.07. The van der Waals surface area contributed by atoms with Crippen molar-refractivity contribution in [3.8, 4) is 0 Å². The summed E-state index contributed by atoms with van der Waals surface area (Å²) in [6, 6.07) is -5.21. The van der Waals surface area contributed by atoms with Gasteiger partial charge < -0.3 is 48.5 Å². The van der Waals surface area contributed by atoms with Crippen LogP contribution in [0.2, 0.25) is 0 Å². The van der Waals surface area contributed by atoms with Gasteiger partial charge in [0.15, 0.2) is 5.96 Å². The van der Waals surface area contributed by atoms with E-state index in [2.05, 4.69) is 20.9 Å². The van der Waals surface area contributed by atoms with Crippen LogP contribution in [-0.4, -0.2) is 87.8 Å². The van der Waals surface area contributed by atoms with Gasteiger partial charge in [0.25, 0.3) is 0 Å². The van der Waals surface area contributed by atoms with Gasteiger partial charge in [-0.25, -0.2) is 4.79 Å². The van der Waals surface area contributed by atoms with Crippen LogP contribution >= 0.6 is 0 Å². The van der Waals surface area contributed by atoms with Gasteiger partial charge in [0.05, 0.1) is 12.1 Å². The molecule has 0 aliphatic carbocycles. The molecule has 5 unspecified atom stereocenters. The minimum atomic E-state index is -1.52. The number of hydrogen-bond acceptors (Lipinski definition) is 8. The third-order valence-corrected chi connectivity index (χ3v) is 4.97. The Morgan fingerprint density at radius 2 is 1.44 bits per heavy atom. The molecule has 0 saturated heterocycles. The summed E-state index contributed by atoms with van der Waals surface area (Å²) in [6.45, 7) is 4.90. The first-order valence-corrected chi connectivity index (χ1v) is 11.5. The van der Waals surface area contributed by atoms with Crippen molar-refractivity contribution >= 4 is 35.6 Å². The summed E-state index contributed by atoms with van der Waals surface area (Å²) in [5.74, 6) is -5.21. The average molecular weight is 518 g/mol. The minimum absolute atomic E-state index is 0.0131. The maximum atomic E-state index is 13.0. The number of aliphatic hydroxyl groups excluding tert-OH is 1. The number of nitrogens with one attached hydrogen (secondary N) is 3. The van der Waals surface area contributed by atoms with Crippen molar-refractivity contribution in [3.63, 3.8) is 0 Å². The highest BCUT2D eigenvalue weighted by atomic mass is 16.4. The molecule has 15 nitrogen and oxygen atoms in total. The van der Waals surface area contributed by atoms with E-state index in [0.29, 0.717) is 0 Å². The van der Waals surface area contributed by atoms with E-state index >= 15 is 0 Å². The quantitative estimate of drug-likeness (QED) is 0.0539. The largest absolute Gasteiger partial charge is 0.481 e. The average Bonchev–Trinajstić information content (AvgIpc) is 2.75. The summed E-state index contributed by atoms with van der Waals surface area (Å²) in [6.07, 6.45) is -1.56. The normalized spacial score (nSPS) is 15.1. The lowest BCUT2D eigenvalue weighted by Crippen LogP contribution is -2.59. The Morgan fingerprint density at radius 3 is 1.92 bits per heavy atom. The molecule has 0 aliphatic heterocycles. The van der Waals surface area contributed by atoms with Gasteiger partial charge in [-0.05, 0) is 38.5 Å². The maximum absolute atomic E-state index is 13.0. The number of carbonyl (C=O) groups is 5. The van der Waals surface area contributed by atoms with Crippen molar-refractivity contribution < 1.29 is 39.3 Å². The molecule has 0 aromatic carbocycles. The van der Waals surface area contributed by atoms with Gasteiger partial charge in [0, 0.05) is 13.0 Å². The second kappa shape index (κ2) is 16.3. The summed E-state index contributed by atoms with van der Waals surface area (Å²) in [4.78, 5) is 64.1. The van der Waals surface area contributed by atoms with Crippen molar-refractivity contribution in [2.45, 2.75) is 83.1 Å². The summed E-state index contributed by atoms with van der Waals surface area (Å²) >= 11 is 0. The third-order valence-electron chi connectivity index (χ3n) is 4.97. The van der Waals surface area contributed by atoms with E-state index in [9.17, 15) is 34.2 Å². The van der Waals surface area contributed by atoms with Crippen molar-refractivity contribution in [3.05, 3.63) is 0 Å². The molecule has 12 N–H and O–H groups in total. The standard InChI is InChI=1S/C21H39N7O8/c1-10(2)9-14(20(35)36)27-19(34)16(11(3)29)28-18(33)13(5-4-8-25-21(23)24)26-17(32)12(22)6-7-15(30)31/h10-14,16,29H,4-9,22H2,1-3H3,(H,26,32)(H,27,34)(H,28,33)(H,30,31)(H,35,36)(H4,23,24,25). The number of nitrogens with two attached hydrogens (primary N) is 3. The van der Waals surface area contributed by atoms with Crippen molar-refractivity contribution in [1.29, 1.82) is 0 Å². The minimum Gasteiger partial charge on any atom is -0.481 e. The van der Waals surface area contributed by atoms with Gasteiger partial charge in [0.1, 0.15) is 18.1 Å². The van der Waals surface area contributed by atoms with E-state index in [4.69, 9.17) is 22.3 Å².